The van der Waals surface area contributed by atoms with Gasteiger partial charge in [0.15, 0.2) is 0 Å². The van der Waals surface area contributed by atoms with E-state index in [0.717, 1.165) is 0 Å². The van der Waals surface area contributed by atoms with Crippen LogP contribution in [-0.4, -0.2) is 36.7 Å². The van der Waals surface area contributed by atoms with E-state index >= 15 is 0 Å². The lowest BCUT2D eigenvalue weighted by atomic mass is 9.91. The molecule has 1 saturated heterocycles. The van der Waals surface area contributed by atoms with Crippen molar-refractivity contribution in [1.82, 2.24) is 0 Å². The Morgan fingerprint density at radius 2 is 1.24 bits per heavy atom. The molecule has 1 aliphatic rings. The van der Waals surface area contributed by atoms with Gasteiger partial charge in [0.05, 0.1) is 12.7 Å². The van der Waals surface area contributed by atoms with Gasteiger partial charge in [-0.15, -0.1) is 0 Å². The summed E-state index contributed by atoms with van der Waals surface area (Å²) < 4.78 is 114. The molecular formula is C7H5F9O. The summed E-state index contributed by atoms with van der Waals surface area (Å²) in [5.41, 5.74) is -5.68. The first kappa shape index (κ1) is 14.4. The Morgan fingerprint density at radius 1 is 0.824 bits per heavy atom. The van der Waals surface area contributed by atoms with Crippen LogP contribution < -0.4 is 0 Å². The molecule has 1 aliphatic heterocycles. The largest absolute Gasteiger partial charge is 0.457 e. The van der Waals surface area contributed by atoms with Crippen LogP contribution in [0.1, 0.15) is 6.42 Å². The van der Waals surface area contributed by atoms with E-state index in [-0.39, 0.29) is 0 Å². The summed E-state index contributed by atoms with van der Waals surface area (Å²) >= 11 is 0. The molecule has 0 amide bonds. The minimum Gasteiger partial charge on any atom is -0.373 e. The SMILES string of the molecule is FC(F)(F)C(F)(F)[C@@](F)(C[C@H]1CO1)C(F)(F)F. The van der Waals surface area contributed by atoms with E-state index in [1.807, 2.05) is 0 Å². The molecule has 0 aliphatic carbocycles. The second kappa shape index (κ2) is 3.66. The highest BCUT2D eigenvalue weighted by Crippen LogP contribution is 2.55. The summed E-state index contributed by atoms with van der Waals surface area (Å²) in [6, 6.07) is 0. The average Bonchev–Trinajstić information content (AvgIpc) is 2.83. The first-order valence-electron chi connectivity index (χ1n) is 4.15. The molecular weight excluding hydrogens is 271 g/mol. The summed E-state index contributed by atoms with van der Waals surface area (Å²) in [5.74, 6) is -6.52. The minimum atomic E-state index is -6.63. The van der Waals surface area contributed by atoms with E-state index in [9.17, 15) is 39.5 Å². The van der Waals surface area contributed by atoms with Crippen molar-refractivity contribution in [2.45, 2.75) is 36.5 Å². The first-order valence-corrected chi connectivity index (χ1v) is 4.15. The molecule has 0 unspecified atom stereocenters. The molecule has 10 heteroatoms. The molecule has 0 bridgehead atoms. The second-order valence-corrected chi connectivity index (χ2v) is 3.53. The quantitative estimate of drug-likeness (QED) is 0.569. The lowest BCUT2D eigenvalue weighted by Gasteiger charge is -2.35. The molecule has 2 atom stereocenters. The van der Waals surface area contributed by atoms with Crippen LogP contribution in [0.3, 0.4) is 0 Å². The number of alkyl halides is 9. The highest BCUT2D eigenvalue weighted by Gasteiger charge is 2.81. The summed E-state index contributed by atoms with van der Waals surface area (Å²) in [6.45, 7) is -0.477. The molecule has 102 valence electrons. The third-order valence-corrected chi connectivity index (χ3v) is 2.21. The van der Waals surface area contributed by atoms with E-state index in [0.29, 0.717) is 0 Å². The van der Waals surface area contributed by atoms with Gasteiger partial charge in [-0.1, -0.05) is 0 Å². The molecule has 1 heterocycles. The van der Waals surface area contributed by atoms with Crippen molar-refractivity contribution in [3.05, 3.63) is 0 Å². The standard InChI is InChI=1S/C7H5F9O/c8-4(6(11,12)13,1-3-2-17-3)5(9,10)7(14,15)16/h3H,1-2H2/t3-,4-/m0/s1. The third-order valence-electron chi connectivity index (χ3n) is 2.21. The summed E-state index contributed by atoms with van der Waals surface area (Å²) in [6.07, 6.45) is -16.6. The van der Waals surface area contributed by atoms with Crippen LogP contribution in [0.2, 0.25) is 0 Å². The molecule has 0 aromatic heterocycles. The van der Waals surface area contributed by atoms with Gasteiger partial charge < -0.3 is 4.74 Å². The number of halogens is 9. The van der Waals surface area contributed by atoms with Crippen LogP contribution in [0.15, 0.2) is 0 Å². The van der Waals surface area contributed by atoms with Gasteiger partial charge >= 0.3 is 18.3 Å². The average molecular weight is 276 g/mol. The van der Waals surface area contributed by atoms with Gasteiger partial charge in [0, 0.05) is 6.42 Å². The van der Waals surface area contributed by atoms with Crippen molar-refractivity contribution in [1.29, 1.82) is 0 Å². The van der Waals surface area contributed by atoms with Gasteiger partial charge in [0.25, 0.3) is 5.67 Å². The first-order chi connectivity index (χ1) is 7.33. The molecule has 0 aromatic carbocycles. The lowest BCUT2D eigenvalue weighted by molar-refractivity contribution is -0.385. The molecule has 0 N–H and O–H groups in total. The fourth-order valence-corrected chi connectivity index (χ4v) is 1.15. The number of ether oxygens (including phenoxy) is 1. The second-order valence-electron chi connectivity index (χ2n) is 3.53. The third kappa shape index (κ3) is 2.31. The van der Waals surface area contributed by atoms with Gasteiger partial charge in [-0.05, 0) is 0 Å². The van der Waals surface area contributed by atoms with Crippen LogP contribution >= 0.6 is 0 Å². The fraction of sp³-hybridized carbons (Fsp3) is 1.00. The highest BCUT2D eigenvalue weighted by atomic mass is 19.4. The van der Waals surface area contributed by atoms with Gasteiger partial charge in [-0.2, -0.15) is 35.1 Å². The normalized spacial score (nSPS) is 25.6. The van der Waals surface area contributed by atoms with Crippen LogP contribution in [0, 0.1) is 0 Å². The van der Waals surface area contributed by atoms with E-state index in [1.165, 1.54) is 0 Å². The molecule has 1 fully saturated rings. The van der Waals surface area contributed by atoms with Gasteiger partial charge in [-0.25, -0.2) is 4.39 Å². The number of rotatable bonds is 3. The zero-order valence-electron chi connectivity index (χ0n) is 7.80. The van der Waals surface area contributed by atoms with Crippen molar-refractivity contribution < 1.29 is 44.3 Å². The summed E-state index contributed by atoms with van der Waals surface area (Å²) in [4.78, 5) is 0. The van der Waals surface area contributed by atoms with E-state index < -0.39 is 43.1 Å². The fourth-order valence-electron chi connectivity index (χ4n) is 1.15. The van der Waals surface area contributed by atoms with Crippen molar-refractivity contribution in [2.75, 3.05) is 6.61 Å². The molecule has 0 radical (unpaired) electrons. The maximum absolute atomic E-state index is 13.2. The highest BCUT2D eigenvalue weighted by molar-refractivity contribution is 5.06. The smallest absolute Gasteiger partial charge is 0.373 e. The van der Waals surface area contributed by atoms with E-state index in [4.69, 9.17) is 0 Å². The van der Waals surface area contributed by atoms with E-state index in [2.05, 4.69) is 4.74 Å². The molecule has 0 saturated carbocycles. The van der Waals surface area contributed by atoms with Crippen molar-refractivity contribution in [3.8, 4) is 0 Å². The number of hydrogen-bond acceptors (Lipinski definition) is 1. The predicted molar refractivity (Wildman–Crippen MR) is 35.3 cm³/mol. The molecule has 17 heavy (non-hydrogen) atoms. The molecule has 0 spiro atoms. The Labute approximate surface area is 88.5 Å². The van der Waals surface area contributed by atoms with Crippen LogP contribution in [0.4, 0.5) is 39.5 Å². The Hall–Kier alpha value is -0.670. The van der Waals surface area contributed by atoms with Gasteiger partial charge in [0.2, 0.25) is 0 Å². The number of hydrogen-bond donors (Lipinski definition) is 0. The lowest BCUT2D eigenvalue weighted by Crippen LogP contribution is -2.62. The molecule has 0 aromatic rings. The van der Waals surface area contributed by atoms with Crippen molar-refractivity contribution in [2.24, 2.45) is 0 Å². The molecule has 1 rings (SSSR count). The Kier molecular flexibility index (Phi) is 3.10. The maximum Gasteiger partial charge on any atom is 0.457 e. The Morgan fingerprint density at radius 3 is 1.47 bits per heavy atom. The van der Waals surface area contributed by atoms with Crippen LogP contribution in [-0.2, 0) is 4.74 Å². The number of epoxide rings is 1. The summed E-state index contributed by atoms with van der Waals surface area (Å²) in [5, 5.41) is 0. The summed E-state index contributed by atoms with van der Waals surface area (Å²) in [7, 11) is 0. The van der Waals surface area contributed by atoms with Crippen LogP contribution in [0.5, 0.6) is 0 Å². The topological polar surface area (TPSA) is 12.5 Å². The molecule has 1 nitrogen and oxygen atoms in total. The van der Waals surface area contributed by atoms with E-state index in [1.54, 1.807) is 0 Å². The Bertz CT molecular complexity index is 289. The Balaban J connectivity index is 3.13. The zero-order chi connectivity index (χ0) is 13.7. The van der Waals surface area contributed by atoms with Gasteiger partial charge in [0.1, 0.15) is 0 Å². The maximum atomic E-state index is 13.2. The van der Waals surface area contributed by atoms with Crippen molar-refractivity contribution in [3.63, 3.8) is 0 Å². The monoisotopic (exact) mass is 276 g/mol. The zero-order valence-corrected chi connectivity index (χ0v) is 7.80. The predicted octanol–water partition coefficient (Wildman–Crippen LogP) is 3.24. The minimum absolute atomic E-state index is 0.477. The van der Waals surface area contributed by atoms with Gasteiger partial charge in [-0.3, -0.25) is 0 Å². The van der Waals surface area contributed by atoms with Crippen LogP contribution in [0.25, 0.3) is 0 Å². The van der Waals surface area contributed by atoms with Crippen molar-refractivity contribution >= 4 is 0 Å².